The number of nitrogens with two attached hydrogens (primary N) is 1. The molecule has 0 unspecified atom stereocenters. The van der Waals surface area contributed by atoms with Crippen molar-refractivity contribution in [3.05, 3.63) is 42.2 Å². The fourth-order valence-corrected chi connectivity index (χ4v) is 6.21. The Balaban J connectivity index is 0.00000267. The summed E-state index contributed by atoms with van der Waals surface area (Å²) in [6, 6.07) is 10.5. The number of nitrogens with one attached hydrogen (secondary N) is 1. The fraction of sp³-hybridized carbons (Fsp3) is 0.400. The highest BCUT2D eigenvalue weighted by Crippen LogP contribution is 2.40. The normalized spacial score (nSPS) is 21.0. The zero-order chi connectivity index (χ0) is 24.1. The van der Waals surface area contributed by atoms with Crippen LogP contribution in [0.15, 0.2) is 36.7 Å². The lowest BCUT2D eigenvalue weighted by molar-refractivity contribution is 0.356. The summed E-state index contributed by atoms with van der Waals surface area (Å²) < 4.78 is 1.81. The number of hydrogen-bond donors (Lipinski definition) is 2. The summed E-state index contributed by atoms with van der Waals surface area (Å²) in [6.07, 6.45) is 5.86. The lowest BCUT2D eigenvalue weighted by atomic mass is 9.93. The summed E-state index contributed by atoms with van der Waals surface area (Å²) in [7, 11) is 0. The number of rotatable bonds is 5. The lowest BCUT2D eigenvalue weighted by Crippen LogP contribution is -2.48. The quantitative estimate of drug-likeness (QED) is 0.400. The van der Waals surface area contributed by atoms with Gasteiger partial charge < -0.3 is 16.0 Å². The van der Waals surface area contributed by atoms with Crippen LogP contribution in [0.1, 0.15) is 32.3 Å². The van der Waals surface area contributed by atoms with Gasteiger partial charge in [-0.05, 0) is 62.8 Å². The smallest absolute Gasteiger partial charge is 0.208 e. The molecule has 1 saturated carbocycles. The Hall–Kier alpha value is -3.26. The standard InChI is InChI=1S/C25H27N9S.ClH/c1-14(2)30-20-8-21(22-6-5-18-7-15(9-26)10-29-34(18)22)28-11-19(20)24-31-32-25(35-24)33-12-16-3-4-17(13-33)23(16)27;/h5-8,10-11,14,16-17,23H,3-4,12-13,27H2,1-2H3,(H,28,30);1H/t16-,17+,23-;. The van der Waals surface area contributed by atoms with Crippen molar-refractivity contribution in [2.75, 3.05) is 23.3 Å². The van der Waals surface area contributed by atoms with E-state index in [-0.39, 0.29) is 18.4 Å². The maximum Gasteiger partial charge on any atom is 0.208 e. The predicted octanol–water partition coefficient (Wildman–Crippen LogP) is 4.20. The van der Waals surface area contributed by atoms with Gasteiger partial charge in [0.25, 0.3) is 0 Å². The van der Waals surface area contributed by atoms with Gasteiger partial charge in [0.15, 0.2) is 5.01 Å². The molecule has 2 aliphatic rings. The second-order valence-electron chi connectivity index (χ2n) is 9.80. The molecule has 4 aromatic heterocycles. The maximum absolute atomic E-state index is 9.17. The zero-order valence-corrected chi connectivity index (χ0v) is 21.8. The Morgan fingerprint density at radius 1 is 1.14 bits per heavy atom. The molecule has 11 heteroatoms. The van der Waals surface area contributed by atoms with E-state index < -0.39 is 0 Å². The van der Waals surface area contributed by atoms with Crippen molar-refractivity contribution in [2.45, 2.75) is 38.8 Å². The van der Waals surface area contributed by atoms with Gasteiger partial charge in [-0.1, -0.05) is 11.3 Å². The summed E-state index contributed by atoms with van der Waals surface area (Å²) in [5.74, 6) is 1.10. The van der Waals surface area contributed by atoms with Crippen LogP contribution >= 0.6 is 23.7 Å². The first kappa shape index (κ1) is 24.4. The second kappa shape index (κ2) is 9.65. The molecule has 4 aromatic rings. The first-order valence-electron chi connectivity index (χ1n) is 12.0. The molecule has 1 aliphatic heterocycles. The van der Waals surface area contributed by atoms with Crippen LogP contribution in [-0.4, -0.2) is 50.0 Å². The molecule has 5 heterocycles. The Labute approximate surface area is 219 Å². The second-order valence-corrected chi connectivity index (χ2v) is 10.8. The third-order valence-electron chi connectivity index (χ3n) is 7.06. The van der Waals surface area contributed by atoms with E-state index in [0.717, 1.165) is 51.4 Å². The Bertz CT molecular complexity index is 1430. The Morgan fingerprint density at radius 2 is 1.92 bits per heavy atom. The van der Waals surface area contributed by atoms with Crippen LogP contribution in [-0.2, 0) is 0 Å². The van der Waals surface area contributed by atoms with Crippen molar-refractivity contribution in [1.29, 1.82) is 5.26 Å². The summed E-state index contributed by atoms with van der Waals surface area (Å²) in [5, 5.41) is 28.1. The summed E-state index contributed by atoms with van der Waals surface area (Å²) in [5.41, 5.74) is 11.3. The molecule has 1 aliphatic carbocycles. The molecule has 3 N–H and O–H groups in total. The van der Waals surface area contributed by atoms with Crippen LogP contribution < -0.4 is 16.0 Å². The number of halogens is 1. The van der Waals surface area contributed by atoms with Gasteiger partial charge in [0.1, 0.15) is 6.07 Å². The third kappa shape index (κ3) is 4.28. The number of aromatic nitrogens is 5. The van der Waals surface area contributed by atoms with Crippen molar-refractivity contribution in [3.8, 4) is 28.0 Å². The molecule has 9 nitrogen and oxygen atoms in total. The molecule has 2 fully saturated rings. The summed E-state index contributed by atoms with van der Waals surface area (Å²) in [6.45, 7) is 6.14. The Kier molecular flexibility index (Phi) is 6.55. The largest absolute Gasteiger partial charge is 0.382 e. The van der Waals surface area contributed by atoms with E-state index >= 15 is 0 Å². The molecule has 186 valence electrons. The van der Waals surface area contributed by atoms with Gasteiger partial charge >= 0.3 is 0 Å². The maximum atomic E-state index is 9.17. The summed E-state index contributed by atoms with van der Waals surface area (Å²) in [4.78, 5) is 7.13. The highest BCUT2D eigenvalue weighted by atomic mass is 35.5. The zero-order valence-electron chi connectivity index (χ0n) is 20.1. The van der Waals surface area contributed by atoms with Gasteiger partial charge in [0, 0.05) is 37.1 Å². The van der Waals surface area contributed by atoms with Crippen LogP contribution in [0.3, 0.4) is 0 Å². The van der Waals surface area contributed by atoms with E-state index in [4.69, 9.17) is 16.0 Å². The average Bonchev–Trinajstić information content (AvgIpc) is 3.54. The van der Waals surface area contributed by atoms with Crippen molar-refractivity contribution in [1.82, 2.24) is 24.8 Å². The first-order chi connectivity index (χ1) is 17.0. The van der Waals surface area contributed by atoms with Crippen LogP contribution in [0.5, 0.6) is 0 Å². The van der Waals surface area contributed by atoms with Gasteiger partial charge in [-0.3, -0.25) is 4.98 Å². The highest BCUT2D eigenvalue weighted by molar-refractivity contribution is 7.18. The van der Waals surface area contributed by atoms with Crippen molar-refractivity contribution in [2.24, 2.45) is 17.6 Å². The van der Waals surface area contributed by atoms with Crippen molar-refractivity contribution in [3.63, 3.8) is 0 Å². The monoisotopic (exact) mass is 521 g/mol. The van der Waals surface area contributed by atoms with Gasteiger partial charge in [-0.15, -0.1) is 22.6 Å². The molecular formula is C25H28ClN9S. The lowest BCUT2D eigenvalue weighted by Gasteiger charge is -2.35. The topological polar surface area (TPSA) is 121 Å². The molecule has 0 amide bonds. The molecule has 0 aromatic carbocycles. The van der Waals surface area contributed by atoms with Crippen molar-refractivity contribution < 1.29 is 0 Å². The molecule has 0 radical (unpaired) electrons. The molecule has 2 bridgehead atoms. The summed E-state index contributed by atoms with van der Waals surface area (Å²) >= 11 is 1.61. The van der Waals surface area contributed by atoms with E-state index in [1.807, 2.05) is 30.5 Å². The minimum atomic E-state index is 0. The number of piperidine rings is 1. The number of hydrogen-bond acceptors (Lipinski definition) is 9. The number of fused-ring (bicyclic) bond motifs is 3. The van der Waals surface area contributed by atoms with Gasteiger partial charge in [0.2, 0.25) is 5.13 Å². The Morgan fingerprint density at radius 3 is 2.64 bits per heavy atom. The number of nitriles is 1. The van der Waals surface area contributed by atoms with E-state index in [9.17, 15) is 0 Å². The fourth-order valence-electron chi connectivity index (χ4n) is 5.32. The first-order valence-corrected chi connectivity index (χ1v) is 12.8. The molecule has 6 rings (SSSR count). The molecule has 36 heavy (non-hydrogen) atoms. The van der Waals surface area contributed by atoms with Gasteiger partial charge in [-0.2, -0.15) is 10.4 Å². The van der Waals surface area contributed by atoms with E-state index in [2.05, 4.69) is 45.4 Å². The minimum absolute atomic E-state index is 0. The van der Waals surface area contributed by atoms with Gasteiger partial charge in [-0.25, -0.2) is 4.52 Å². The van der Waals surface area contributed by atoms with E-state index in [0.29, 0.717) is 23.4 Å². The van der Waals surface area contributed by atoms with E-state index in [1.165, 1.54) is 12.8 Å². The van der Waals surface area contributed by atoms with Crippen LogP contribution in [0.25, 0.3) is 27.5 Å². The molecule has 0 spiro atoms. The SMILES string of the molecule is CC(C)Nc1cc(-c2ccc3cc(C#N)cnn23)ncc1-c1nnc(N2C[C@H]3CC[C@@H](C2)[C@@H]3N)s1.Cl. The molecular weight excluding hydrogens is 494 g/mol. The number of pyridine rings is 1. The predicted molar refractivity (Wildman–Crippen MR) is 144 cm³/mol. The van der Waals surface area contributed by atoms with Gasteiger partial charge in [0.05, 0.1) is 34.2 Å². The average molecular weight is 522 g/mol. The van der Waals surface area contributed by atoms with Crippen LogP contribution in [0.2, 0.25) is 0 Å². The van der Waals surface area contributed by atoms with E-state index in [1.54, 1.807) is 22.0 Å². The van der Waals surface area contributed by atoms with Crippen LogP contribution in [0, 0.1) is 23.2 Å². The molecule has 1 saturated heterocycles. The number of anilines is 2. The number of nitrogens with zero attached hydrogens (tertiary/aromatic N) is 7. The highest BCUT2D eigenvalue weighted by Gasteiger charge is 2.40. The third-order valence-corrected chi connectivity index (χ3v) is 8.08. The molecule has 3 atom stereocenters. The minimum Gasteiger partial charge on any atom is -0.382 e. The van der Waals surface area contributed by atoms with Crippen molar-refractivity contribution >= 4 is 40.1 Å². The van der Waals surface area contributed by atoms with Crippen LogP contribution in [0.4, 0.5) is 10.8 Å².